The molecule has 0 spiro atoms. The van der Waals surface area contributed by atoms with Gasteiger partial charge in [-0.05, 0) is 49.1 Å². The Labute approximate surface area is 120 Å². The van der Waals surface area contributed by atoms with E-state index in [-0.39, 0.29) is 0 Å². The average molecular weight is 271 g/mol. The molecule has 0 saturated heterocycles. The molecule has 1 atom stereocenters. The van der Waals surface area contributed by atoms with Crippen LogP contribution in [-0.4, -0.2) is 10.1 Å². The van der Waals surface area contributed by atoms with Crippen LogP contribution in [0.25, 0.3) is 0 Å². The standard InChI is InChI=1S/C17H21NO2/c1-11(2)14-8-7-12(3)16(10-14)20-17-15(13(4)19)6-5-9-18-17/h5-11,13,19H,1-4H3/t13-/m0/s1. The van der Waals surface area contributed by atoms with Crippen LogP contribution in [-0.2, 0) is 0 Å². The Morgan fingerprint density at radius 3 is 2.55 bits per heavy atom. The van der Waals surface area contributed by atoms with Gasteiger partial charge in [-0.3, -0.25) is 0 Å². The number of aryl methyl sites for hydroxylation is 1. The van der Waals surface area contributed by atoms with Crippen molar-refractivity contribution in [2.75, 3.05) is 0 Å². The number of hydrogen-bond acceptors (Lipinski definition) is 3. The van der Waals surface area contributed by atoms with Crippen molar-refractivity contribution in [1.29, 1.82) is 0 Å². The van der Waals surface area contributed by atoms with Gasteiger partial charge < -0.3 is 9.84 Å². The number of benzene rings is 1. The van der Waals surface area contributed by atoms with E-state index in [9.17, 15) is 5.11 Å². The van der Waals surface area contributed by atoms with Crippen molar-refractivity contribution in [1.82, 2.24) is 4.98 Å². The van der Waals surface area contributed by atoms with Crippen LogP contribution in [0.2, 0.25) is 0 Å². The molecular weight excluding hydrogens is 250 g/mol. The van der Waals surface area contributed by atoms with E-state index >= 15 is 0 Å². The highest BCUT2D eigenvalue weighted by atomic mass is 16.5. The van der Waals surface area contributed by atoms with E-state index in [2.05, 4.69) is 31.0 Å². The zero-order valence-corrected chi connectivity index (χ0v) is 12.4. The van der Waals surface area contributed by atoms with Crippen LogP contribution < -0.4 is 4.74 Å². The van der Waals surface area contributed by atoms with Gasteiger partial charge in [0.2, 0.25) is 5.88 Å². The van der Waals surface area contributed by atoms with Crippen LogP contribution in [0.1, 0.15) is 49.5 Å². The highest BCUT2D eigenvalue weighted by Crippen LogP contribution is 2.31. The molecule has 3 nitrogen and oxygen atoms in total. The van der Waals surface area contributed by atoms with Crippen LogP contribution in [0.5, 0.6) is 11.6 Å². The molecular formula is C17H21NO2. The Hall–Kier alpha value is -1.87. The zero-order valence-electron chi connectivity index (χ0n) is 12.4. The molecule has 20 heavy (non-hydrogen) atoms. The number of aliphatic hydroxyl groups is 1. The second-order valence-electron chi connectivity index (χ2n) is 5.36. The lowest BCUT2D eigenvalue weighted by atomic mass is 10.0. The Bertz CT molecular complexity index is 591. The summed E-state index contributed by atoms with van der Waals surface area (Å²) in [6.45, 7) is 8.01. The fraction of sp³-hybridized carbons (Fsp3) is 0.353. The quantitative estimate of drug-likeness (QED) is 0.898. The minimum absolute atomic E-state index is 0.443. The van der Waals surface area contributed by atoms with Crippen molar-refractivity contribution < 1.29 is 9.84 Å². The summed E-state index contributed by atoms with van der Waals surface area (Å²) in [5.74, 6) is 1.70. The van der Waals surface area contributed by atoms with Gasteiger partial charge in [0.15, 0.2) is 0 Å². The second-order valence-corrected chi connectivity index (χ2v) is 5.36. The number of rotatable bonds is 4. The molecule has 3 heteroatoms. The molecule has 0 bridgehead atoms. The molecule has 106 valence electrons. The van der Waals surface area contributed by atoms with Crippen molar-refractivity contribution in [3.05, 3.63) is 53.2 Å². The van der Waals surface area contributed by atoms with Crippen molar-refractivity contribution in [2.24, 2.45) is 0 Å². The maximum Gasteiger partial charge on any atom is 0.225 e. The lowest BCUT2D eigenvalue weighted by molar-refractivity contribution is 0.194. The van der Waals surface area contributed by atoms with E-state index in [1.54, 1.807) is 19.2 Å². The van der Waals surface area contributed by atoms with Gasteiger partial charge in [0.05, 0.1) is 6.10 Å². The number of aromatic nitrogens is 1. The molecule has 1 aromatic carbocycles. The third-order valence-electron chi connectivity index (χ3n) is 3.34. The van der Waals surface area contributed by atoms with E-state index in [1.807, 2.05) is 19.1 Å². The summed E-state index contributed by atoms with van der Waals surface area (Å²) in [5.41, 5.74) is 2.97. The van der Waals surface area contributed by atoms with Gasteiger partial charge in [-0.25, -0.2) is 4.98 Å². The van der Waals surface area contributed by atoms with E-state index in [0.29, 0.717) is 17.4 Å². The molecule has 0 aliphatic rings. The number of pyridine rings is 1. The van der Waals surface area contributed by atoms with Gasteiger partial charge in [-0.1, -0.05) is 26.0 Å². The SMILES string of the molecule is Cc1ccc(C(C)C)cc1Oc1ncccc1[C@H](C)O. The first-order valence-corrected chi connectivity index (χ1v) is 6.90. The Morgan fingerprint density at radius 1 is 1.15 bits per heavy atom. The Morgan fingerprint density at radius 2 is 1.90 bits per heavy atom. The van der Waals surface area contributed by atoms with Gasteiger partial charge in [-0.15, -0.1) is 0 Å². The average Bonchev–Trinajstić information content (AvgIpc) is 2.41. The lowest BCUT2D eigenvalue weighted by Gasteiger charge is -2.15. The van der Waals surface area contributed by atoms with E-state index in [1.165, 1.54) is 5.56 Å². The number of hydrogen-bond donors (Lipinski definition) is 1. The molecule has 1 heterocycles. The summed E-state index contributed by atoms with van der Waals surface area (Å²) < 4.78 is 5.92. The summed E-state index contributed by atoms with van der Waals surface area (Å²) in [6, 6.07) is 9.83. The summed E-state index contributed by atoms with van der Waals surface area (Å²) in [5, 5.41) is 9.77. The van der Waals surface area contributed by atoms with Crippen molar-refractivity contribution >= 4 is 0 Å². The third kappa shape index (κ3) is 3.17. The normalized spacial score (nSPS) is 12.5. The number of ether oxygens (including phenoxy) is 1. The topological polar surface area (TPSA) is 42.4 Å². The molecule has 1 aromatic heterocycles. The van der Waals surface area contributed by atoms with Crippen LogP contribution >= 0.6 is 0 Å². The second kappa shape index (κ2) is 6.06. The fourth-order valence-corrected chi connectivity index (χ4v) is 2.00. The van der Waals surface area contributed by atoms with Gasteiger partial charge in [-0.2, -0.15) is 0 Å². The molecule has 2 rings (SSSR count). The van der Waals surface area contributed by atoms with Gasteiger partial charge >= 0.3 is 0 Å². The smallest absolute Gasteiger partial charge is 0.225 e. The lowest BCUT2D eigenvalue weighted by Crippen LogP contribution is -1.99. The summed E-state index contributed by atoms with van der Waals surface area (Å²) >= 11 is 0. The molecule has 0 radical (unpaired) electrons. The van der Waals surface area contributed by atoms with E-state index in [4.69, 9.17) is 4.74 Å². The first-order valence-electron chi connectivity index (χ1n) is 6.90. The summed E-state index contributed by atoms with van der Waals surface area (Å²) in [4.78, 5) is 4.23. The first kappa shape index (κ1) is 14.5. The predicted molar refractivity (Wildman–Crippen MR) is 80.2 cm³/mol. The molecule has 0 aliphatic carbocycles. The van der Waals surface area contributed by atoms with Gasteiger partial charge in [0.25, 0.3) is 0 Å². The summed E-state index contributed by atoms with van der Waals surface area (Å²) in [7, 11) is 0. The molecule has 0 aliphatic heterocycles. The maximum atomic E-state index is 9.77. The maximum absolute atomic E-state index is 9.77. The van der Waals surface area contributed by atoms with E-state index in [0.717, 1.165) is 11.3 Å². The van der Waals surface area contributed by atoms with Crippen LogP contribution in [0.4, 0.5) is 0 Å². The van der Waals surface area contributed by atoms with Crippen molar-refractivity contribution in [3.8, 4) is 11.6 Å². The molecule has 0 unspecified atom stereocenters. The molecule has 0 amide bonds. The third-order valence-corrected chi connectivity index (χ3v) is 3.34. The van der Waals surface area contributed by atoms with Gasteiger partial charge in [0, 0.05) is 11.8 Å². The van der Waals surface area contributed by atoms with Crippen LogP contribution in [0.3, 0.4) is 0 Å². The summed E-state index contributed by atoms with van der Waals surface area (Å²) in [6.07, 6.45) is 1.07. The number of aliphatic hydroxyl groups excluding tert-OH is 1. The highest BCUT2D eigenvalue weighted by molar-refractivity contribution is 5.41. The minimum Gasteiger partial charge on any atom is -0.438 e. The zero-order chi connectivity index (χ0) is 14.7. The minimum atomic E-state index is -0.604. The van der Waals surface area contributed by atoms with Gasteiger partial charge in [0.1, 0.15) is 5.75 Å². The first-order chi connectivity index (χ1) is 9.49. The molecule has 1 N–H and O–H groups in total. The fourth-order valence-electron chi connectivity index (χ4n) is 2.00. The number of nitrogens with zero attached hydrogens (tertiary/aromatic N) is 1. The molecule has 0 fully saturated rings. The molecule has 0 saturated carbocycles. The Balaban J connectivity index is 2.37. The van der Waals surface area contributed by atoms with Crippen LogP contribution in [0.15, 0.2) is 36.5 Å². The predicted octanol–water partition coefficient (Wildman–Crippen LogP) is 4.36. The highest BCUT2D eigenvalue weighted by Gasteiger charge is 2.12. The molecule has 2 aromatic rings. The monoisotopic (exact) mass is 271 g/mol. The van der Waals surface area contributed by atoms with Crippen LogP contribution in [0, 0.1) is 6.92 Å². The van der Waals surface area contributed by atoms with Crippen molar-refractivity contribution in [3.63, 3.8) is 0 Å². The Kier molecular flexibility index (Phi) is 4.40. The van der Waals surface area contributed by atoms with E-state index < -0.39 is 6.10 Å². The largest absolute Gasteiger partial charge is 0.438 e. The van der Waals surface area contributed by atoms with Crippen molar-refractivity contribution in [2.45, 2.75) is 39.7 Å².